The van der Waals surface area contributed by atoms with E-state index in [2.05, 4.69) is 4.65 Å². The van der Waals surface area contributed by atoms with Crippen LogP contribution >= 0.6 is 0 Å². The average molecular weight is 222 g/mol. The lowest BCUT2D eigenvalue weighted by atomic mass is 10.3. The molecule has 0 aliphatic heterocycles. The van der Waals surface area contributed by atoms with Gasteiger partial charge < -0.3 is 28.9 Å². The van der Waals surface area contributed by atoms with Crippen LogP contribution in [0.4, 0.5) is 0 Å². The van der Waals surface area contributed by atoms with Gasteiger partial charge in [0, 0.05) is 6.61 Å². The van der Waals surface area contributed by atoms with E-state index in [1.807, 2.05) is 6.92 Å². The number of hydrogen-bond donors (Lipinski definition) is 2. The van der Waals surface area contributed by atoms with E-state index in [4.69, 9.17) is 24.3 Å². The smallest absolute Gasteiger partial charge is 0.402 e. The molecule has 15 heavy (non-hydrogen) atoms. The second-order valence-corrected chi connectivity index (χ2v) is 2.62. The fourth-order valence-corrected chi connectivity index (χ4v) is 0.797. The highest BCUT2D eigenvalue weighted by molar-refractivity contribution is 6.32. The van der Waals surface area contributed by atoms with Crippen LogP contribution in [0.2, 0.25) is 0 Å². The Morgan fingerprint density at radius 3 is 1.73 bits per heavy atom. The Hall–Kier alpha value is -0.175. The largest absolute Gasteiger partial charge is 0.633 e. The molecule has 90 valence electrons. The first-order valence-electron chi connectivity index (χ1n) is 4.98. The van der Waals surface area contributed by atoms with Gasteiger partial charge in [0.15, 0.2) is 0 Å². The molecule has 7 heteroatoms. The van der Waals surface area contributed by atoms with Gasteiger partial charge in [-0.1, -0.05) is 0 Å². The third-order valence-electron chi connectivity index (χ3n) is 1.44. The van der Waals surface area contributed by atoms with Crippen LogP contribution in [-0.4, -0.2) is 63.6 Å². The van der Waals surface area contributed by atoms with Gasteiger partial charge in [-0.25, -0.2) is 0 Å². The molecule has 2 N–H and O–H groups in total. The molecule has 0 bridgehead atoms. The molecule has 0 heterocycles. The van der Waals surface area contributed by atoms with Crippen molar-refractivity contribution in [1.29, 1.82) is 0 Å². The summed E-state index contributed by atoms with van der Waals surface area (Å²) in [6.07, 6.45) is 0. The third-order valence-corrected chi connectivity index (χ3v) is 1.44. The van der Waals surface area contributed by atoms with E-state index in [0.29, 0.717) is 39.6 Å². The minimum absolute atomic E-state index is 0.149. The minimum atomic E-state index is -1.73. The maximum Gasteiger partial charge on any atom is 0.633 e. The van der Waals surface area contributed by atoms with Gasteiger partial charge in [-0.3, -0.25) is 0 Å². The van der Waals surface area contributed by atoms with Crippen molar-refractivity contribution in [3.8, 4) is 0 Å². The van der Waals surface area contributed by atoms with E-state index in [1.54, 1.807) is 0 Å². The Morgan fingerprint density at radius 1 is 0.800 bits per heavy atom. The zero-order valence-electron chi connectivity index (χ0n) is 9.05. The van der Waals surface area contributed by atoms with Gasteiger partial charge in [-0.15, -0.1) is 0 Å². The van der Waals surface area contributed by atoms with E-state index < -0.39 is 7.32 Å². The summed E-state index contributed by atoms with van der Waals surface area (Å²) in [4.78, 5) is 0. The fourth-order valence-electron chi connectivity index (χ4n) is 0.797. The quantitative estimate of drug-likeness (QED) is 0.346. The molecule has 0 aliphatic carbocycles. The van der Waals surface area contributed by atoms with Crippen LogP contribution in [0.1, 0.15) is 6.92 Å². The second kappa shape index (κ2) is 11.9. The predicted molar refractivity (Wildman–Crippen MR) is 54.3 cm³/mol. The second-order valence-electron chi connectivity index (χ2n) is 2.62. The van der Waals surface area contributed by atoms with Crippen LogP contribution in [0.15, 0.2) is 0 Å². The van der Waals surface area contributed by atoms with Crippen LogP contribution in [-0.2, 0) is 18.9 Å². The Morgan fingerprint density at radius 2 is 1.27 bits per heavy atom. The highest BCUT2D eigenvalue weighted by Crippen LogP contribution is 1.82. The molecule has 0 aliphatic rings. The molecule has 0 unspecified atom stereocenters. The van der Waals surface area contributed by atoms with Crippen molar-refractivity contribution in [1.82, 2.24) is 0 Å². The van der Waals surface area contributed by atoms with Crippen LogP contribution in [0.25, 0.3) is 0 Å². The first-order valence-corrected chi connectivity index (χ1v) is 4.98. The zero-order valence-corrected chi connectivity index (χ0v) is 9.05. The maximum atomic E-state index is 8.31. The predicted octanol–water partition coefficient (Wildman–Crippen LogP) is -0.958. The van der Waals surface area contributed by atoms with Crippen molar-refractivity contribution in [2.45, 2.75) is 6.92 Å². The lowest BCUT2D eigenvalue weighted by Gasteiger charge is -2.06. The molecule has 0 radical (unpaired) electrons. The molecule has 0 atom stereocenters. The van der Waals surface area contributed by atoms with Gasteiger partial charge in [0.2, 0.25) is 0 Å². The average Bonchev–Trinajstić information content (AvgIpc) is 2.20. The molecule has 0 saturated carbocycles. The molecular weight excluding hydrogens is 203 g/mol. The lowest BCUT2D eigenvalue weighted by molar-refractivity contribution is 0.00821. The summed E-state index contributed by atoms with van der Waals surface area (Å²) in [5.74, 6) is 0. The molecule has 0 saturated heterocycles. The summed E-state index contributed by atoms with van der Waals surface area (Å²) in [5, 5.41) is 16.6. The van der Waals surface area contributed by atoms with Crippen molar-refractivity contribution >= 4 is 7.32 Å². The summed E-state index contributed by atoms with van der Waals surface area (Å²) < 4.78 is 19.7. The standard InChI is InChI=1S/C8H19BO6/c1-2-12-3-4-13-5-6-14-7-8-15-9(10)11/h10-11H,2-8H2,1H3. The number of ether oxygens (including phenoxy) is 3. The molecule has 0 spiro atoms. The summed E-state index contributed by atoms with van der Waals surface area (Å²) in [6, 6.07) is 0. The summed E-state index contributed by atoms with van der Waals surface area (Å²) in [5.41, 5.74) is 0. The van der Waals surface area contributed by atoms with Gasteiger partial charge in [0.1, 0.15) is 0 Å². The SMILES string of the molecule is CCOCCOCCOCCOB(O)O. The van der Waals surface area contributed by atoms with Crippen LogP contribution in [0.5, 0.6) is 0 Å². The monoisotopic (exact) mass is 222 g/mol. The molecule has 0 aromatic heterocycles. The Bertz CT molecular complexity index is 124. The first kappa shape index (κ1) is 14.8. The van der Waals surface area contributed by atoms with Crippen molar-refractivity contribution in [3.63, 3.8) is 0 Å². The number of rotatable bonds is 11. The van der Waals surface area contributed by atoms with Crippen molar-refractivity contribution < 1.29 is 28.9 Å². The van der Waals surface area contributed by atoms with Crippen molar-refractivity contribution in [2.75, 3.05) is 46.2 Å². The van der Waals surface area contributed by atoms with E-state index in [1.165, 1.54) is 0 Å². The molecule has 0 amide bonds. The molecular formula is C8H19BO6. The van der Waals surface area contributed by atoms with E-state index >= 15 is 0 Å². The van der Waals surface area contributed by atoms with Gasteiger partial charge in [-0.2, -0.15) is 0 Å². The highest BCUT2D eigenvalue weighted by atomic mass is 16.6. The topological polar surface area (TPSA) is 77.4 Å². The molecule has 0 fully saturated rings. The Kier molecular flexibility index (Phi) is 11.8. The fraction of sp³-hybridized carbons (Fsp3) is 1.00. The first-order chi connectivity index (χ1) is 7.27. The van der Waals surface area contributed by atoms with Gasteiger partial charge >= 0.3 is 7.32 Å². The summed E-state index contributed by atoms with van der Waals surface area (Å²) >= 11 is 0. The highest BCUT2D eigenvalue weighted by Gasteiger charge is 2.06. The summed E-state index contributed by atoms with van der Waals surface area (Å²) in [6.45, 7) is 5.19. The van der Waals surface area contributed by atoms with Gasteiger partial charge in [0.25, 0.3) is 0 Å². The third kappa shape index (κ3) is 13.8. The van der Waals surface area contributed by atoms with Crippen LogP contribution in [0.3, 0.4) is 0 Å². The van der Waals surface area contributed by atoms with Crippen molar-refractivity contribution in [3.05, 3.63) is 0 Å². The minimum Gasteiger partial charge on any atom is -0.402 e. The lowest BCUT2D eigenvalue weighted by Crippen LogP contribution is -2.20. The van der Waals surface area contributed by atoms with Crippen LogP contribution < -0.4 is 0 Å². The molecule has 0 aromatic carbocycles. The van der Waals surface area contributed by atoms with Crippen molar-refractivity contribution in [2.24, 2.45) is 0 Å². The molecule has 0 rings (SSSR count). The van der Waals surface area contributed by atoms with E-state index in [0.717, 1.165) is 0 Å². The zero-order chi connectivity index (χ0) is 11.4. The van der Waals surface area contributed by atoms with Gasteiger partial charge in [-0.05, 0) is 6.92 Å². The Labute approximate surface area is 90.3 Å². The normalized spacial score (nSPS) is 10.6. The number of hydrogen-bond acceptors (Lipinski definition) is 6. The van der Waals surface area contributed by atoms with E-state index in [9.17, 15) is 0 Å². The Balaban J connectivity index is 2.87. The summed E-state index contributed by atoms with van der Waals surface area (Å²) in [7, 11) is -1.73. The van der Waals surface area contributed by atoms with Gasteiger partial charge in [0.05, 0.1) is 39.6 Å². The van der Waals surface area contributed by atoms with E-state index in [-0.39, 0.29) is 6.61 Å². The molecule has 0 aromatic rings. The van der Waals surface area contributed by atoms with Crippen LogP contribution in [0, 0.1) is 0 Å². The molecule has 6 nitrogen and oxygen atoms in total. The maximum absolute atomic E-state index is 8.31.